The van der Waals surface area contributed by atoms with Crippen LogP contribution in [0.4, 0.5) is 0 Å². The lowest BCUT2D eigenvalue weighted by molar-refractivity contribution is -0.124. The Kier molecular flexibility index (Phi) is 7.93. The monoisotopic (exact) mass is 522 g/mol. The highest BCUT2D eigenvalue weighted by Crippen LogP contribution is 2.34. The molecule has 0 spiro atoms. The third-order valence-electron chi connectivity index (χ3n) is 5.26. The number of nitrogens with one attached hydrogen (secondary N) is 2. The maximum absolute atomic E-state index is 13.4. The van der Waals surface area contributed by atoms with Gasteiger partial charge in [-0.25, -0.2) is 4.68 Å². The van der Waals surface area contributed by atoms with Crippen LogP contribution in [0, 0.1) is 5.41 Å². The maximum atomic E-state index is 13.4. The minimum Gasteiger partial charge on any atom is -0.392 e. The SMILES string of the molecule is CNC(=O)C(NC(=O)c1nn(-c2ccc(Cl)cc2Cl)c(-c2ccc(Cl)cc2)c1CO)C(C)(C)C. The van der Waals surface area contributed by atoms with Crippen molar-refractivity contribution in [2.75, 3.05) is 7.05 Å². The number of likely N-dealkylation sites (N-methyl/N-ethyl adjacent to an activating group) is 1. The summed E-state index contributed by atoms with van der Waals surface area (Å²) in [5, 5.41) is 21.4. The minimum atomic E-state index is -0.834. The van der Waals surface area contributed by atoms with Gasteiger partial charge < -0.3 is 15.7 Å². The Labute approximate surface area is 213 Å². The summed E-state index contributed by atoms with van der Waals surface area (Å²) in [7, 11) is 1.50. The van der Waals surface area contributed by atoms with Gasteiger partial charge in [0.1, 0.15) is 6.04 Å². The molecule has 0 fully saturated rings. The van der Waals surface area contributed by atoms with E-state index in [1.54, 1.807) is 42.5 Å². The van der Waals surface area contributed by atoms with Crippen molar-refractivity contribution in [3.05, 3.63) is 68.8 Å². The molecule has 1 heterocycles. The van der Waals surface area contributed by atoms with Crippen LogP contribution in [0.2, 0.25) is 15.1 Å². The van der Waals surface area contributed by atoms with Gasteiger partial charge in [-0.05, 0) is 35.7 Å². The molecule has 0 aliphatic heterocycles. The lowest BCUT2D eigenvalue weighted by Gasteiger charge is -2.29. The number of rotatable bonds is 6. The summed E-state index contributed by atoms with van der Waals surface area (Å²) < 4.78 is 1.48. The van der Waals surface area contributed by atoms with Gasteiger partial charge in [0.05, 0.1) is 23.0 Å². The number of hydrogen-bond donors (Lipinski definition) is 3. The summed E-state index contributed by atoms with van der Waals surface area (Å²) in [6.07, 6.45) is 0. The molecular formula is C24H25Cl3N4O3. The first-order valence-electron chi connectivity index (χ1n) is 10.4. The molecule has 180 valence electrons. The van der Waals surface area contributed by atoms with Crippen LogP contribution in [-0.4, -0.2) is 39.8 Å². The Bertz CT molecular complexity index is 1220. The predicted octanol–water partition coefficient (Wildman–Crippen LogP) is 4.88. The first-order valence-corrected chi connectivity index (χ1v) is 11.6. The topological polar surface area (TPSA) is 96.3 Å². The van der Waals surface area contributed by atoms with Crippen molar-refractivity contribution in [1.82, 2.24) is 20.4 Å². The summed E-state index contributed by atoms with van der Waals surface area (Å²) in [4.78, 5) is 25.8. The van der Waals surface area contributed by atoms with Crippen LogP contribution in [0.15, 0.2) is 42.5 Å². The first-order chi connectivity index (χ1) is 16.0. The second-order valence-corrected chi connectivity index (χ2v) is 10.0. The van der Waals surface area contributed by atoms with E-state index in [-0.39, 0.29) is 17.2 Å². The molecule has 34 heavy (non-hydrogen) atoms. The molecule has 1 unspecified atom stereocenters. The fraction of sp³-hybridized carbons (Fsp3) is 0.292. The molecule has 3 aromatic rings. The summed E-state index contributed by atoms with van der Waals surface area (Å²) in [6, 6.07) is 10.9. The molecule has 0 saturated carbocycles. The van der Waals surface area contributed by atoms with Crippen molar-refractivity contribution in [3.63, 3.8) is 0 Å². The summed E-state index contributed by atoms with van der Waals surface area (Å²) in [5.41, 5.74) is 1.25. The Balaban J connectivity index is 2.21. The van der Waals surface area contributed by atoms with Crippen LogP contribution < -0.4 is 10.6 Å². The molecule has 3 rings (SSSR count). The number of aliphatic hydroxyl groups is 1. The third kappa shape index (κ3) is 5.39. The first kappa shape index (κ1) is 26.0. The molecule has 3 N–H and O–H groups in total. The zero-order chi connectivity index (χ0) is 25.2. The summed E-state index contributed by atoms with van der Waals surface area (Å²) >= 11 is 18.6. The Morgan fingerprint density at radius 3 is 2.21 bits per heavy atom. The molecule has 0 bridgehead atoms. The second kappa shape index (κ2) is 10.4. The van der Waals surface area contributed by atoms with Crippen LogP contribution >= 0.6 is 34.8 Å². The smallest absolute Gasteiger partial charge is 0.272 e. The van der Waals surface area contributed by atoms with Gasteiger partial charge in [-0.3, -0.25) is 9.59 Å². The number of hydrogen-bond acceptors (Lipinski definition) is 4. The molecule has 1 aromatic heterocycles. The van der Waals surface area contributed by atoms with Gasteiger partial charge in [0.2, 0.25) is 5.91 Å². The van der Waals surface area contributed by atoms with Gasteiger partial charge in [0, 0.05) is 28.2 Å². The fourth-order valence-electron chi connectivity index (χ4n) is 3.53. The average molecular weight is 524 g/mol. The molecule has 0 aliphatic carbocycles. The van der Waals surface area contributed by atoms with Crippen molar-refractivity contribution < 1.29 is 14.7 Å². The van der Waals surface area contributed by atoms with E-state index >= 15 is 0 Å². The Morgan fingerprint density at radius 2 is 1.68 bits per heavy atom. The standard InChI is InChI=1S/C24H25Cl3N4O3/c1-24(2,3)21(23(34)28-4)29-22(33)19-16(12-32)20(13-5-7-14(25)8-6-13)31(30-19)18-10-9-15(26)11-17(18)27/h5-11,21,32H,12H2,1-4H3,(H,28,34)(H,29,33). The van der Waals surface area contributed by atoms with Crippen LogP contribution in [0.1, 0.15) is 36.8 Å². The van der Waals surface area contributed by atoms with Crippen LogP contribution in [0.5, 0.6) is 0 Å². The highest BCUT2D eigenvalue weighted by Gasteiger charge is 2.34. The number of benzene rings is 2. The molecule has 2 amide bonds. The van der Waals surface area contributed by atoms with Crippen LogP contribution in [0.3, 0.4) is 0 Å². The molecule has 0 radical (unpaired) electrons. The molecule has 0 saturated heterocycles. The van der Waals surface area contributed by atoms with E-state index in [1.807, 2.05) is 20.8 Å². The van der Waals surface area contributed by atoms with Gasteiger partial charge in [-0.2, -0.15) is 5.10 Å². The van der Waals surface area contributed by atoms with E-state index in [0.29, 0.717) is 32.0 Å². The van der Waals surface area contributed by atoms with Crippen LogP contribution in [-0.2, 0) is 11.4 Å². The molecule has 1 atom stereocenters. The zero-order valence-electron chi connectivity index (χ0n) is 19.1. The van der Waals surface area contributed by atoms with Crippen molar-refractivity contribution in [2.45, 2.75) is 33.4 Å². The number of carbonyl (C=O) groups is 2. The van der Waals surface area contributed by atoms with Gasteiger partial charge >= 0.3 is 0 Å². The van der Waals surface area contributed by atoms with Crippen LogP contribution in [0.25, 0.3) is 16.9 Å². The molecule has 2 aromatic carbocycles. The van der Waals surface area contributed by atoms with E-state index in [1.165, 1.54) is 11.7 Å². The van der Waals surface area contributed by atoms with E-state index in [4.69, 9.17) is 34.8 Å². The summed E-state index contributed by atoms with van der Waals surface area (Å²) in [6.45, 7) is 5.04. The van der Waals surface area contributed by atoms with Crippen molar-refractivity contribution in [3.8, 4) is 16.9 Å². The van der Waals surface area contributed by atoms with Crippen molar-refractivity contribution >= 4 is 46.6 Å². The molecule has 0 aliphatic rings. The second-order valence-electron chi connectivity index (χ2n) is 8.74. The van der Waals surface area contributed by atoms with E-state index in [2.05, 4.69) is 15.7 Å². The molecule has 7 nitrogen and oxygen atoms in total. The lowest BCUT2D eigenvalue weighted by atomic mass is 9.86. The number of halogens is 3. The van der Waals surface area contributed by atoms with Gasteiger partial charge in [0.25, 0.3) is 5.91 Å². The summed E-state index contributed by atoms with van der Waals surface area (Å²) in [5.74, 6) is -0.948. The Morgan fingerprint density at radius 1 is 1.06 bits per heavy atom. The van der Waals surface area contributed by atoms with Gasteiger partial charge in [0.15, 0.2) is 5.69 Å². The highest BCUT2D eigenvalue weighted by molar-refractivity contribution is 6.35. The highest BCUT2D eigenvalue weighted by atomic mass is 35.5. The number of carbonyl (C=O) groups excluding carboxylic acids is 2. The number of amides is 2. The Hall–Kier alpha value is -2.58. The maximum Gasteiger partial charge on any atom is 0.272 e. The number of aromatic nitrogens is 2. The van der Waals surface area contributed by atoms with E-state index < -0.39 is 24.0 Å². The normalized spacial score (nSPS) is 12.4. The molecule has 10 heteroatoms. The van der Waals surface area contributed by atoms with Crippen molar-refractivity contribution in [2.24, 2.45) is 5.41 Å². The largest absolute Gasteiger partial charge is 0.392 e. The minimum absolute atomic E-state index is 0.0309. The third-order valence-corrected chi connectivity index (χ3v) is 6.05. The van der Waals surface area contributed by atoms with Gasteiger partial charge in [-0.15, -0.1) is 0 Å². The lowest BCUT2D eigenvalue weighted by Crippen LogP contribution is -2.53. The molecular weight excluding hydrogens is 499 g/mol. The number of nitrogens with zero attached hydrogens (tertiary/aromatic N) is 2. The van der Waals surface area contributed by atoms with E-state index in [9.17, 15) is 14.7 Å². The van der Waals surface area contributed by atoms with Crippen molar-refractivity contribution in [1.29, 1.82) is 0 Å². The average Bonchev–Trinajstić information content (AvgIpc) is 3.16. The quantitative estimate of drug-likeness (QED) is 0.429. The predicted molar refractivity (Wildman–Crippen MR) is 135 cm³/mol. The van der Waals surface area contributed by atoms with Gasteiger partial charge in [-0.1, -0.05) is 67.7 Å². The zero-order valence-corrected chi connectivity index (χ0v) is 21.4. The number of aliphatic hydroxyl groups excluding tert-OH is 1. The fourth-order valence-corrected chi connectivity index (χ4v) is 4.15. The van der Waals surface area contributed by atoms with E-state index in [0.717, 1.165) is 0 Å².